The number of carbonyl (C=O) groups is 3. The van der Waals surface area contributed by atoms with Gasteiger partial charge in [0.15, 0.2) is 0 Å². The quantitative estimate of drug-likeness (QED) is 0.272. The van der Waals surface area contributed by atoms with Gasteiger partial charge < -0.3 is 19.8 Å². The second-order valence-corrected chi connectivity index (χ2v) is 9.44. The summed E-state index contributed by atoms with van der Waals surface area (Å²) in [6, 6.07) is 21.7. The number of hydrogen-bond acceptors (Lipinski definition) is 6. The number of rotatable bonds is 10. The van der Waals surface area contributed by atoms with Gasteiger partial charge in [0.25, 0.3) is 0 Å². The maximum absolute atomic E-state index is 13.4. The van der Waals surface area contributed by atoms with Crippen molar-refractivity contribution in [2.24, 2.45) is 0 Å². The second kappa shape index (κ2) is 11.8. The molecule has 0 radical (unpaired) electrons. The Bertz CT molecular complexity index is 1550. The lowest BCUT2D eigenvalue weighted by molar-refractivity contribution is -0.137. The fourth-order valence-corrected chi connectivity index (χ4v) is 4.83. The second-order valence-electron chi connectivity index (χ2n) is 9.44. The summed E-state index contributed by atoms with van der Waals surface area (Å²) in [6.07, 6.45) is 1.22. The first-order valence-electron chi connectivity index (χ1n) is 13.0. The number of aliphatic carboxylic acids is 1. The lowest BCUT2D eigenvalue weighted by atomic mass is 9.95. The van der Waals surface area contributed by atoms with Crippen LogP contribution in [0.25, 0.3) is 22.5 Å². The van der Waals surface area contributed by atoms with Crippen molar-refractivity contribution < 1.29 is 29.3 Å². The Morgan fingerprint density at radius 3 is 2.30 bits per heavy atom. The van der Waals surface area contributed by atoms with E-state index in [1.54, 1.807) is 21.7 Å². The number of carbonyl (C=O) groups excluding carboxylic acids is 1. The summed E-state index contributed by atoms with van der Waals surface area (Å²) in [5.41, 5.74) is 5.01. The molecule has 3 aromatic carbocycles. The molecule has 40 heavy (non-hydrogen) atoms. The van der Waals surface area contributed by atoms with Gasteiger partial charge in [0.1, 0.15) is 18.1 Å². The summed E-state index contributed by atoms with van der Waals surface area (Å²) in [5, 5.41) is 27.0. The number of hydrogen-bond donors (Lipinski definition) is 2. The van der Waals surface area contributed by atoms with Crippen LogP contribution in [0.4, 0.5) is 5.69 Å². The van der Waals surface area contributed by atoms with E-state index in [0.717, 1.165) is 28.1 Å². The number of unbranched alkanes of at least 4 members (excludes halogenated alkanes) is 1. The number of ether oxygens (including phenoxy) is 1. The van der Waals surface area contributed by atoms with E-state index in [1.807, 2.05) is 48.5 Å². The number of aromatic carboxylic acids is 1. The molecule has 2 N–H and O–H groups in total. The average molecular weight is 541 g/mol. The van der Waals surface area contributed by atoms with Gasteiger partial charge in [0.05, 0.1) is 30.0 Å². The molecule has 0 unspecified atom stereocenters. The SMILES string of the molecule is O=C(O)CCCCC(=O)N1Cc2ccccc2-c2c(nnn2CCOc2ccc(C(=O)O)cc2)-c2ccccc21. The summed E-state index contributed by atoms with van der Waals surface area (Å²) >= 11 is 0. The number of nitrogens with zero attached hydrogens (tertiary/aromatic N) is 4. The highest BCUT2D eigenvalue weighted by atomic mass is 16.5. The molecule has 1 aliphatic heterocycles. The van der Waals surface area contributed by atoms with Crippen LogP contribution in [0.5, 0.6) is 5.75 Å². The summed E-state index contributed by atoms with van der Waals surface area (Å²) in [5.74, 6) is -1.39. The number of aromatic nitrogens is 3. The van der Waals surface area contributed by atoms with Crippen molar-refractivity contribution >= 4 is 23.5 Å². The predicted molar refractivity (Wildman–Crippen MR) is 147 cm³/mol. The molecule has 10 nitrogen and oxygen atoms in total. The molecule has 1 aliphatic rings. The highest BCUT2D eigenvalue weighted by molar-refractivity contribution is 6.00. The molecular weight excluding hydrogens is 512 g/mol. The molecular formula is C30H28N4O6. The van der Waals surface area contributed by atoms with Gasteiger partial charge in [0, 0.05) is 24.0 Å². The van der Waals surface area contributed by atoms with Crippen LogP contribution in [0.15, 0.2) is 72.8 Å². The third-order valence-electron chi connectivity index (χ3n) is 6.79. The van der Waals surface area contributed by atoms with Crippen molar-refractivity contribution in [1.82, 2.24) is 15.0 Å². The highest BCUT2D eigenvalue weighted by Gasteiger charge is 2.28. The first-order chi connectivity index (χ1) is 19.4. The van der Waals surface area contributed by atoms with E-state index in [4.69, 9.17) is 14.9 Å². The van der Waals surface area contributed by atoms with Gasteiger partial charge in [-0.3, -0.25) is 9.59 Å². The molecule has 1 amide bonds. The summed E-state index contributed by atoms with van der Waals surface area (Å²) in [7, 11) is 0. The Morgan fingerprint density at radius 2 is 1.55 bits per heavy atom. The fourth-order valence-electron chi connectivity index (χ4n) is 4.83. The molecule has 0 bridgehead atoms. The van der Waals surface area contributed by atoms with Crippen molar-refractivity contribution in [3.8, 4) is 28.3 Å². The van der Waals surface area contributed by atoms with Crippen LogP contribution >= 0.6 is 0 Å². The smallest absolute Gasteiger partial charge is 0.335 e. The van der Waals surface area contributed by atoms with Gasteiger partial charge in [-0.05, 0) is 48.7 Å². The van der Waals surface area contributed by atoms with Crippen molar-refractivity contribution in [1.29, 1.82) is 0 Å². The van der Waals surface area contributed by atoms with E-state index in [-0.39, 0.29) is 30.9 Å². The van der Waals surface area contributed by atoms with E-state index < -0.39 is 11.9 Å². The molecule has 5 rings (SSSR count). The zero-order valence-corrected chi connectivity index (χ0v) is 21.7. The van der Waals surface area contributed by atoms with Crippen LogP contribution in [0.1, 0.15) is 41.6 Å². The number of carboxylic acids is 2. The van der Waals surface area contributed by atoms with Gasteiger partial charge in [0.2, 0.25) is 5.91 Å². The Balaban J connectivity index is 1.44. The molecule has 0 atom stereocenters. The Hall–Kier alpha value is -4.99. The molecule has 0 saturated carbocycles. The number of fused-ring (bicyclic) bond motifs is 5. The average Bonchev–Trinajstić information content (AvgIpc) is 3.36. The monoisotopic (exact) mass is 540 g/mol. The number of carboxylic acid groups (broad SMARTS) is 2. The third kappa shape index (κ3) is 5.70. The molecule has 0 spiro atoms. The van der Waals surface area contributed by atoms with Crippen LogP contribution in [0.3, 0.4) is 0 Å². The number of para-hydroxylation sites is 1. The van der Waals surface area contributed by atoms with Crippen LogP contribution < -0.4 is 9.64 Å². The number of anilines is 1. The van der Waals surface area contributed by atoms with E-state index in [9.17, 15) is 14.4 Å². The van der Waals surface area contributed by atoms with Crippen LogP contribution in [0.2, 0.25) is 0 Å². The minimum Gasteiger partial charge on any atom is -0.492 e. The third-order valence-corrected chi connectivity index (χ3v) is 6.79. The van der Waals surface area contributed by atoms with Gasteiger partial charge >= 0.3 is 11.9 Å². The highest BCUT2D eigenvalue weighted by Crippen LogP contribution is 2.41. The Kier molecular flexibility index (Phi) is 7.86. The lowest BCUT2D eigenvalue weighted by Gasteiger charge is -2.28. The maximum atomic E-state index is 13.4. The fraction of sp³-hybridized carbons (Fsp3) is 0.233. The van der Waals surface area contributed by atoms with Gasteiger partial charge in [-0.15, -0.1) is 5.10 Å². The van der Waals surface area contributed by atoms with Crippen LogP contribution in [-0.2, 0) is 22.7 Å². The molecule has 4 aromatic rings. The summed E-state index contributed by atoms with van der Waals surface area (Å²) in [6.45, 7) is 1.03. The molecule has 0 saturated heterocycles. The van der Waals surface area contributed by atoms with E-state index in [1.165, 1.54) is 12.1 Å². The zero-order chi connectivity index (χ0) is 28.1. The Morgan fingerprint density at radius 1 is 0.850 bits per heavy atom. The maximum Gasteiger partial charge on any atom is 0.335 e. The normalized spacial score (nSPS) is 11.9. The van der Waals surface area contributed by atoms with E-state index >= 15 is 0 Å². The summed E-state index contributed by atoms with van der Waals surface area (Å²) in [4.78, 5) is 37.2. The molecule has 1 aromatic heterocycles. The van der Waals surface area contributed by atoms with Crippen molar-refractivity contribution in [3.05, 3.63) is 83.9 Å². The van der Waals surface area contributed by atoms with E-state index in [0.29, 0.717) is 37.4 Å². The molecule has 0 fully saturated rings. The first-order valence-corrected chi connectivity index (χ1v) is 13.0. The van der Waals surface area contributed by atoms with Gasteiger partial charge in [-0.25, -0.2) is 9.48 Å². The van der Waals surface area contributed by atoms with Crippen LogP contribution in [-0.4, -0.2) is 49.7 Å². The molecule has 204 valence electrons. The van der Waals surface area contributed by atoms with Crippen molar-refractivity contribution in [2.75, 3.05) is 11.5 Å². The first kappa shape index (κ1) is 26.6. The van der Waals surface area contributed by atoms with E-state index in [2.05, 4.69) is 10.3 Å². The minimum absolute atomic E-state index is 0.0382. The number of amides is 1. The lowest BCUT2D eigenvalue weighted by Crippen LogP contribution is -2.31. The molecule has 10 heteroatoms. The topological polar surface area (TPSA) is 135 Å². The standard InChI is InChI=1S/C30H28N4O6/c35-26(11-5-6-12-27(36)37)33-19-21-7-1-2-8-23(21)29-28(24-9-3-4-10-25(24)33)31-32-34(29)17-18-40-22-15-13-20(14-16-22)30(38)39/h1-4,7-10,13-16H,5-6,11-12,17-19H2,(H,36,37)(H,38,39). The largest absolute Gasteiger partial charge is 0.492 e. The zero-order valence-electron chi connectivity index (χ0n) is 21.7. The minimum atomic E-state index is -0.995. The predicted octanol–water partition coefficient (Wildman–Crippen LogP) is 4.88. The van der Waals surface area contributed by atoms with Crippen LogP contribution in [0, 0.1) is 0 Å². The number of benzene rings is 3. The van der Waals surface area contributed by atoms with Gasteiger partial charge in [-0.2, -0.15) is 0 Å². The van der Waals surface area contributed by atoms with Crippen molar-refractivity contribution in [3.63, 3.8) is 0 Å². The van der Waals surface area contributed by atoms with Gasteiger partial charge in [-0.1, -0.05) is 47.7 Å². The molecule has 0 aliphatic carbocycles. The summed E-state index contributed by atoms with van der Waals surface area (Å²) < 4.78 is 7.65. The van der Waals surface area contributed by atoms with Crippen molar-refractivity contribution in [2.45, 2.75) is 38.8 Å². The Labute approximate surface area is 230 Å². The molecule has 2 heterocycles.